The molecular formula is C40H38N4O. The van der Waals surface area contributed by atoms with Crippen LogP contribution in [-0.2, 0) is 5.41 Å². The lowest BCUT2D eigenvalue weighted by molar-refractivity contribution is 0.229. The highest BCUT2D eigenvalue weighted by Crippen LogP contribution is 2.55. The fourth-order valence-electron chi connectivity index (χ4n) is 8.21. The van der Waals surface area contributed by atoms with Crippen molar-refractivity contribution in [2.45, 2.75) is 51.5 Å². The number of rotatable bonds is 5. The minimum Gasteiger partial charge on any atom is -0.457 e. The zero-order chi connectivity index (χ0) is 30.3. The second kappa shape index (κ2) is 9.87. The Bertz CT molecular complexity index is 2070. The Labute approximate surface area is 264 Å². The third kappa shape index (κ3) is 4.24. The van der Waals surface area contributed by atoms with Gasteiger partial charge < -0.3 is 14.5 Å². The van der Waals surface area contributed by atoms with Gasteiger partial charge in [-0.25, -0.2) is 4.98 Å². The topological polar surface area (TPSA) is 33.5 Å². The highest BCUT2D eigenvalue weighted by molar-refractivity contribution is 6.09. The first kappa shape index (κ1) is 26.6. The molecule has 2 atom stereocenters. The van der Waals surface area contributed by atoms with Gasteiger partial charge in [-0.2, -0.15) is 0 Å². The van der Waals surface area contributed by atoms with Crippen molar-refractivity contribution < 1.29 is 4.74 Å². The SMILES string of the molecule is CC(C)(C)c1ccnc(-n2c3ccccc3c3ccc(Oc4cccc(N5CN(C6C7CCC6C7)c6ccccc65)c4)cc32)c1. The molecule has 3 fully saturated rings. The molecule has 45 heavy (non-hydrogen) atoms. The Kier molecular flexibility index (Phi) is 5.84. The summed E-state index contributed by atoms with van der Waals surface area (Å²) in [5.74, 6) is 4.28. The Balaban J connectivity index is 1.07. The molecule has 224 valence electrons. The molecule has 5 heteroatoms. The zero-order valence-corrected chi connectivity index (χ0v) is 26.1. The number of hydrogen-bond acceptors (Lipinski definition) is 4. The van der Waals surface area contributed by atoms with Gasteiger partial charge in [0, 0.05) is 40.8 Å². The molecule has 6 aromatic rings. The summed E-state index contributed by atoms with van der Waals surface area (Å²) in [4.78, 5) is 9.96. The van der Waals surface area contributed by atoms with Crippen molar-refractivity contribution in [3.05, 3.63) is 115 Å². The Hall–Kier alpha value is -4.77. The van der Waals surface area contributed by atoms with E-state index in [0.29, 0.717) is 6.04 Å². The first-order valence-corrected chi connectivity index (χ1v) is 16.3. The van der Waals surface area contributed by atoms with Crippen molar-refractivity contribution in [2.24, 2.45) is 11.8 Å². The summed E-state index contributed by atoms with van der Waals surface area (Å²) in [6, 6.07) is 37.5. The third-order valence-electron chi connectivity index (χ3n) is 10.5. The lowest BCUT2D eigenvalue weighted by atomic mass is 9.77. The van der Waals surface area contributed by atoms with Crippen molar-refractivity contribution in [1.82, 2.24) is 9.55 Å². The predicted octanol–water partition coefficient (Wildman–Crippen LogP) is 9.98. The molecule has 0 N–H and O–H groups in total. The van der Waals surface area contributed by atoms with Crippen LogP contribution in [0.15, 0.2) is 109 Å². The van der Waals surface area contributed by atoms with Gasteiger partial charge >= 0.3 is 0 Å². The van der Waals surface area contributed by atoms with E-state index in [1.54, 1.807) is 0 Å². The summed E-state index contributed by atoms with van der Waals surface area (Å²) in [5.41, 5.74) is 7.33. The fraction of sp³-hybridized carbons (Fsp3) is 0.275. The van der Waals surface area contributed by atoms with Gasteiger partial charge in [0.05, 0.1) is 29.1 Å². The first-order chi connectivity index (χ1) is 21.9. The standard InChI is InChI=1S/C40H38N4O/c1-40(2,3)28-19-20-41-38(22-28)44-34-12-5-4-11-32(34)33-18-17-31(24-37(33)44)45-30-10-8-9-29(23-30)42-25-43(36-14-7-6-13-35(36)42)39-26-15-16-27(39)21-26/h4-14,17-20,22-24,26-27,39H,15-16,21,25H2,1-3H3. The predicted molar refractivity (Wildman–Crippen MR) is 184 cm³/mol. The monoisotopic (exact) mass is 590 g/mol. The number of hydrogen-bond donors (Lipinski definition) is 0. The second-order valence-corrected chi connectivity index (χ2v) is 14.1. The van der Waals surface area contributed by atoms with E-state index in [2.05, 4.69) is 138 Å². The summed E-state index contributed by atoms with van der Waals surface area (Å²) in [5, 5.41) is 2.40. The Morgan fingerprint density at radius 2 is 1.47 bits per heavy atom. The van der Waals surface area contributed by atoms with Crippen LogP contribution in [0.1, 0.15) is 45.6 Å². The molecule has 10 rings (SSSR count). The minimum absolute atomic E-state index is 0.0279. The van der Waals surface area contributed by atoms with E-state index in [0.717, 1.165) is 52.5 Å². The van der Waals surface area contributed by atoms with Crippen LogP contribution in [-0.4, -0.2) is 22.3 Å². The molecule has 3 heterocycles. The van der Waals surface area contributed by atoms with E-state index in [4.69, 9.17) is 9.72 Å². The highest BCUT2D eigenvalue weighted by Gasteiger charge is 2.51. The Morgan fingerprint density at radius 3 is 2.29 bits per heavy atom. The number of anilines is 3. The van der Waals surface area contributed by atoms with Crippen molar-refractivity contribution in [2.75, 3.05) is 16.5 Å². The lowest BCUT2D eigenvalue weighted by Crippen LogP contribution is -2.50. The van der Waals surface area contributed by atoms with Crippen LogP contribution in [0.4, 0.5) is 17.1 Å². The fourth-order valence-corrected chi connectivity index (χ4v) is 8.21. The van der Waals surface area contributed by atoms with E-state index in [1.807, 2.05) is 6.20 Å². The maximum absolute atomic E-state index is 6.62. The molecule has 4 aromatic carbocycles. The zero-order valence-electron chi connectivity index (χ0n) is 26.1. The van der Waals surface area contributed by atoms with E-state index in [-0.39, 0.29) is 5.41 Å². The summed E-state index contributed by atoms with van der Waals surface area (Å²) in [6.07, 6.45) is 6.11. The normalized spacial score (nSPS) is 20.6. The lowest BCUT2D eigenvalue weighted by Gasteiger charge is -2.43. The maximum Gasteiger partial charge on any atom is 0.137 e. The number of fused-ring (bicyclic) bond motifs is 5. The third-order valence-corrected chi connectivity index (χ3v) is 10.5. The smallest absolute Gasteiger partial charge is 0.137 e. The van der Waals surface area contributed by atoms with Crippen molar-refractivity contribution >= 4 is 38.9 Å². The van der Waals surface area contributed by atoms with Gasteiger partial charge in [-0.1, -0.05) is 57.2 Å². The van der Waals surface area contributed by atoms with Crippen LogP contribution >= 0.6 is 0 Å². The minimum atomic E-state index is 0.0279. The van der Waals surface area contributed by atoms with Crippen molar-refractivity contribution in [3.63, 3.8) is 0 Å². The van der Waals surface area contributed by atoms with Gasteiger partial charge in [-0.3, -0.25) is 4.57 Å². The molecule has 2 bridgehead atoms. The van der Waals surface area contributed by atoms with E-state index in [9.17, 15) is 0 Å². The van der Waals surface area contributed by atoms with Crippen LogP contribution in [0.25, 0.3) is 27.6 Å². The second-order valence-electron chi connectivity index (χ2n) is 14.1. The molecule has 3 aliphatic carbocycles. The van der Waals surface area contributed by atoms with Crippen molar-refractivity contribution in [3.8, 4) is 17.3 Å². The van der Waals surface area contributed by atoms with Crippen LogP contribution in [0.5, 0.6) is 11.5 Å². The van der Waals surface area contributed by atoms with Gasteiger partial charge in [-0.15, -0.1) is 0 Å². The first-order valence-electron chi connectivity index (χ1n) is 16.3. The Morgan fingerprint density at radius 1 is 0.711 bits per heavy atom. The molecule has 0 amide bonds. The summed E-state index contributed by atoms with van der Waals surface area (Å²) in [6.45, 7) is 7.63. The molecule has 2 unspecified atom stereocenters. The maximum atomic E-state index is 6.62. The molecule has 2 aromatic heterocycles. The number of ether oxygens (including phenoxy) is 1. The molecule has 0 radical (unpaired) electrons. The molecule has 5 nitrogen and oxygen atoms in total. The molecule has 1 aliphatic heterocycles. The molecule has 0 spiro atoms. The van der Waals surface area contributed by atoms with Crippen LogP contribution in [0.3, 0.4) is 0 Å². The van der Waals surface area contributed by atoms with Crippen LogP contribution < -0.4 is 14.5 Å². The van der Waals surface area contributed by atoms with Crippen LogP contribution in [0, 0.1) is 11.8 Å². The van der Waals surface area contributed by atoms with E-state index < -0.39 is 0 Å². The quantitative estimate of drug-likeness (QED) is 0.200. The van der Waals surface area contributed by atoms with E-state index >= 15 is 0 Å². The molecule has 3 saturated carbocycles. The summed E-state index contributed by atoms with van der Waals surface area (Å²) < 4.78 is 8.89. The largest absolute Gasteiger partial charge is 0.457 e. The highest BCUT2D eigenvalue weighted by atomic mass is 16.5. The molecule has 0 saturated heterocycles. The van der Waals surface area contributed by atoms with Gasteiger partial charge in [0.25, 0.3) is 0 Å². The molecule has 4 aliphatic rings. The number of aromatic nitrogens is 2. The number of pyridine rings is 1. The van der Waals surface area contributed by atoms with Gasteiger partial charge in [0.2, 0.25) is 0 Å². The van der Waals surface area contributed by atoms with Gasteiger partial charge in [0.1, 0.15) is 17.3 Å². The van der Waals surface area contributed by atoms with Crippen molar-refractivity contribution in [1.29, 1.82) is 0 Å². The molecular weight excluding hydrogens is 552 g/mol. The number of para-hydroxylation sites is 3. The average Bonchev–Trinajstić information content (AvgIpc) is 3.83. The summed E-state index contributed by atoms with van der Waals surface area (Å²) in [7, 11) is 0. The number of benzene rings is 4. The van der Waals surface area contributed by atoms with Gasteiger partial charge in [-0.05, 0) is 96.7 Å². The average molecular weight is 591 g/mol. The van der Waals surface area contributed by atoms with E-state index in [1.165, 1.54) is 47.0 Å². The summed E-state index contributed by atoms with van der Waals surface area (Å²) >= 11 is 0. The van der Waals surface area contributed by atoms with Crippen LogP contribution in [0.2, 0.25) is 0 Å². The van der Waals surface area contributed by atoms with Gasteiger partial charge in [0.15, 0.2) is 0 Å². The number of nitrogens with zero attached hydrogens (tertiary/aromatic N) is 4.